The van der Waals surface area contributed by atoms with E-state index >= 15 is 8.78 Å². The van der Waals surface area contributed by atoms with Gasteiger partial charge in [-0.15, -0.1) is 0 Å². The molecule has 1 aromatic heterocycles. The second-order valence-electron chi connectivity index (χ2n) is 20.3. The molecule has 0 bridgehead atoms. The molecular weight excluding hydrogens is 916 g/mol. The molecule has 2 saturated carbocycles. The van der Waals surface area contributed by atoms with E-state index in [1.165, 1.54) is 25.3 Å². The first kappa shape index (κ1) is 47.6. The molecule has 4 fully saturated rings. The number of carbonyl (C=O) groups is 4. The normalized spacial score (nSPS) is 24.6. The number of nitrogens with one attached hydrogen (secondary N) is 3. The number of benzene rings is 4. The van der Waals surface area contributed by atoms with Gasteiger partial charge in [0.1, 0.15) is 11.6 Å². The molecule has 4 amide bonds. The minimum atomic E-state index is -1.07. The van der Waals surface area contributed by atoms with E-state index < -0.39 is 35.0 Å². The Balaban J connectivity index is 0.746. The maximum Gasteiger partial charge on any atom is 0.249 e. The molecule has 3 aliphatic heterocycles. The monoisotopic (exact) mass is 975 g/mol. The molecule has 0 radical (unpaired) electrons. The zero-order valence-corrected chi connectivity index (χ0v) is 40.6. The van der Waals surface area contributed by atoms with Crippen molar-refractivity contribution < 1.29 is 37.4 Å². The Morgan fingerprint density at radius 1 is 0.929 bits per heavy atom. The third kappa shape index (κ3) is 8.56. The van der Waals surface area contributed by atoms with Crippen molar-refractivity contribution >= 4 is 51.8 Å². The van der Waals surface area contributed by atoms with E-state index in [1.54, 1.807) is 0 Å². The number of nitrogens with zero attached hydrogens (tertiary/aromatic N) is 3. The zero-order chi connectivity index (χ0) is 49.1. The number of nitrogens with two attached hydrogens (primary N) is 1. The lowest BCUT2D eigenvalue weighted by molar-refractivity contribution is -0.139. The molecule has 4 heterocycles. The number of anilines is 1. The number of imide groups is 1. The molecule has 5 N–H and O–H groups in total. The quantitative estimate of drug-likeness (QED) is 0.0944. The minimum Gasteiger partial charge on any atom is -0.494 e. The van der Waals surface area contributed by atoms with Crippen LogP contribution in [0.25, 0.3) is 22.0 Å². The molecule has 10 rings (SSSR count). The third-order valence-corrected chi connectivity index (χ3v) is 16.9. The fourth-order valence-electron chi connectivity index (χ4n) is 12.4. The Bertz CT molecular complexity index is 2870. The number of rotatable bonds is 11. The average Bonchev–Trinajstić information content (AvgIpc) is 3.84. The first-order valence-electron chi connectivity index (χ1n) is 24.7. The van der Waals surface area contributed by atoms with Crippen LogP contribution < -0.4 is 31.2 Å². The molecule has 5 aliphatic rings. The number of amides is 4. The highest BCUT2D eigenvalue weighted by Gasteiger charge is 2.50. The number of piperidine rings is 2. The average molecular weight is 977 g/mol. The van der Waals surface area contributed by atoms with Crippen LogP contribution in [-0.2, 0) is 27.0 Å². The lowest BCUT2D eigenvalue weighted by Crippen LogP contribution is -2.50. The molecule has 1 spiro atoms. The molecule has 13 nitrogen and oxygen atoms in total. The summed E-state index contributed by atoms with van der Waals surface area (Å²) < 4.78 is 45.9. The summed E-state index contributed by atoms with van der Waals surface area (Å²) in [6.07, 6.45) is 10.3. The molecule has 16 heteroatoms. The molecule has 70 heavy (non-hydrogen) atoms. The van der Waals surface area contributed by atoms with Gasteiger partial charge in [0.05, 0.1) is 34.8 Å². The van der Waals surface area contributed by atoms with Gasteiger partial charge >= 0.3 is 0 Å². The fourth-order valence-corrected chi connectivity index (χ4v) is 12.6. The molecule has 2 saturated heterocycles. The first-order chi connectivity index (χ1) is 33.7. The number of methoxy groups -OCH3 is 1. The van der Waals surface area contributed by atoms with Gasteiger partial charge in [0.25, 0.3) is 0 Å². The van der Waals surface area contributed by atoms with Crippen LogP contribution in [0.5, 0.6) is 11.5 Å². The van der Waals surface area contributed by atoms with Gasteiger partial charge in [0.2, 0.25) is 23.6 Å². The van der Waals surface area contributed by atoms with Crippen molar-refractivity contribution in [2.24, 2.45) is 24.1 Å². The number of hydrogen-bond donors (Lipinski definition) is 4. The van der Waals surface area contributed by atoms with Gasteiger partial charge < -0.3 is 30.7 Å². The number of ether oxygens (including phenoxy) is 2. The number of hydrogen-bond acceptors (Lipinski definition) is 9. The smallest absolute Gasteiger partial charge is 0.249 e. The summed E-state index contributed by atoms with van der Waals surface area (Å²) in [7, 11) is 3.19. The lowest BCUT2D eigenvalue weighted by Gasteiger charge is -2.47. The SMILES string of the molecule is COc1ccc(C(N)=O)c(-c2c(Cl)c(F)cc3c2[C@H](C)[C@@](CNC2CCC(C(=O)N4CCC5(CCC(Nc6ccc7c(C8CCC(=O)NC8=O)nn(C)c7c6)CC5)CC4)CC2)(c2ccccc2)O3)c1F. The second kappa shape index (κ2) is 18.9. The van der Waals surface area contributed by atoms with E-state index in [4.69, 9.17) is 31.9 Å². The van der Waals surface area contributed by atoms with E-state index in [2.05, 4.69) is 33.0 Å². The largest absolute Gasteiger partial charge is 0.494 e. The van der Waals surface area contributed by atoms with Gasteiger partial charge in [-0.3, -0.25) is 29.2 Å². The van der Waals surface area contributed by atoms with Crippen LogP contribution >= 0.6 is 11.6 Å². The summed E-state index contributed by atoms with van der Waals surface area (Å²) >= 11 is 6.71. The molecule has 3 atom stereocenters. The van der Waals surface area contributed by atoms with E-state index in [-0.39, 0.29) is 68.3 Å². The van der Waals surface area contributed by atoms with E-state index in [0.29, 0.717) is 36.7 Å². The Kier molecular flexibility index (Phi) is 12.9. The number of aryl methyl sites for hydroxylation is 1. The van der Waals surface area contributed by atoms with Crippen molar-refractivity contribution in [2.75, 3.05) is 32.1 Å². The Hall–Kier alpha value is -6.06. The van der Waals surface area contributed by atoms with Crippen LogP contribution in [0.2, 0.25) is 5.02 Å². The molecule has 2 aliphatic carbocycles. The van der Waals surface area contributed by atoms with Crippen LogP contribution in [0.4, 0.5) is 14.5 Å². The van der Waals surface area contributed by atoms with Gasteiger partial charge in [-0.2, -0.15) is 5.10 Å². The summed E-state index contributed by atoms with van der Waals surface area (Å²) in [5, 5.41) is 15.3. The summed E-state index contributed by atoms with van der Waals surface area (Å²) in [5.41, 5.74) is 8.50. The number of aromatic nitrogens is 2. The van der Waals surface area contributed by atoms with Crippen molar-refractivity contribution in [1.29, 1.82) is 0 Å². The molecule has 4 aromatic carbocycles. The Morgan fingerprint density at radius 2 is 1.66 bits per heavy atom. The number of carbonyl (C=O) groups excluding carboxylic acids is 4. The lowest BCUT2D eigenvalue weighted by atomic mass is 9.66. The fraction of sp³-hybridized carbons (Fsp3) is 0.463. The standard InChI is InChI=1S/C54H60ClF2N7O6/c1-30-44-42(28-39(56)47(55)46(44)45-37(50(58)66)15-17-41(69-3)48(45)57)70-54(30,32-7-5-4-6-8-32)29-59-33-11-9-31(10-12-33)52(68)64-25-23-53(24-26-64)21-19-34(20-22-53)60-35-13-14-36-40(27-35)63(2)62-49(36)38-16-18-43(65)61-51(38)67/h4-8,13-15,17,27-28,30-31,33-34,38,59-60H,9-12,16,18-26,29H2,1-3H3,(H2,58,66)(H,61,65,67)/t30-,31?,33?,38?,54-/m0/s1. The van der Waals surface area contributed by atoms with Gasteiger partial charge in [0, 0.05) is 90.9 Å². The topological polar surface area (TPSA) is 170 Å². The van der Waals surface area contributed by atoms with Gasteiger partial charge in [-0.1, -0.05) is 48.9 Å². The van der Waals surface area contributed by atoms with E-state index in [1.807, 2.05) is 55.1 Å². The molecular formula is C54H60ClF2N7O6. The zero-order valence-electron chi connectivity index (χ0n) is 39.8. The van der Waals surface area contributed by atoms with Crippen molar-refractivity contribution in [2.45, 2.75) is 113 Å². The summed E-state index contributed by atoms with van der Waals surface area (Å²) in [6.45, 7) is 3.83. The first-order valence-corrected chi connectivity index (χ1v) is 25.1. The van der Waals surface area contributed by atoms with Crippen molar-refractivity contribution in [3.63, 3.8) is 0 Å². The number of primary amides is 1. The van der Waals surface area contributed by atoms with E-state index in [9.17, 15) is 19.2 Å². The van der Waals surface area contributed by atoms with Crippen molar-refractivity contribution in [1.82, 2.24) is 25.3 Å². The highest BCUT2D eigenvalue weighted by Crippen LogP contribution is 2.57. The summed E-state index contributed by atoms with van der Waals surface area (Å²) in [4.78, 5) is 53.2. The molecule has 368 valence electrons. The summed E-state index contributed by atoms with van der Waals surface area (Å²) in [6, 6.07) is 20.2. The molecule has 5 aromatic rings. The Morgan fingerprint density at radius 3 is 2.34 bits per heavy atom. The maximum absolute atomic E-state index is 16.2. The van der Waals surface area contributed by atoms with Crippen LogP contribution in [0.1, 0.15) is 123 Å². The van der Waals surface area contributed by atoms with Crippen molar-refractivity contribution in [3.8, 4) is 22.6 Å². The highest BCUT2D eigenvalue weighted by molar-refractivity contribution is 6.34. The van der Waals surface area contributed by atoms with Crippen LogP contribution in [-0.4, -0.2) is 77.1 Å². The third-order valence-electron chi connectivity index (χ3n) is 16.5. The van der Waals surface area contributed by atoms with Gasteiger partial charge in [-0.05, 0) is 112 Å². The number of likely N-dealkylation sites (tertiary alicyclic amines) is 1. The number of fused-ring (bicyclic) bond motifs is 2. The highest BCUT2D eigenvalue weighted by atomic mass is 35.5. The Labute approximate surface area is 411 Å². The molecule has 1 unspecified atom stereocenters. The predicted molar refractivity (Wildman–Crippen MR) is 263 cm³/mol. The maximum atomic E-state index is 16.2. The van der Waals surface area contributed by atoms with Crippen LogP contribution in [0.3, 0.4) is 0 Å². The van der Waals surface area contributed by atoms with E-state index in [0.717, 1.165) is 99.5 Å². The van der Waals surface area contributed by atoms with Crippen LogP contribution in [0, 0.1) is 23.0 Å². The summed E-state index contributed by atoms with van der Waals surface area (Å²) in [5.74, 6) is -3.81. The van der Waals surface area contributed by atoms with Crippen molar-refractivity contribution in [3.05, 3.63) is 106 Å². The van der Waals surface area contributed by atoms with Gasteiger partial charge in [-0.25, -0.2) is 8.78 Å². The minimum absolute atomic E-state index is 0.000276. The number of halogens is 3. The van der Waals surface area contributed by atoms with Crippen LogP contribution in [0.15, 0.2) is 66.7 Å². The predicted octanol–water partition coefficient (Wildman–Crippen LogP) is 9.00. The second-order valence-corrected chi connectivity index (χ2v) is 20.7. The van der Waals surface area contributed by atoms with Gasteiger partial charge in [0.15, 0.2) is 17.2 Å².